The fourth-order valence-electron chi connectivity index (χ4n) is 5.03. The summed E-state index contributed by atoms with van der Waals surface area (Å²) in [5, 5.41) is 13.4. The number of carbonyl (C=O) groups excluding carboxylic acids is 3. The van der Waals surface area contributed by atoms with Gasteiger partial charge in [0, 0.05) is 51.5 Å². The molecule has 2 amide bonds. The topological polar surface area (TPSA) is 109 Å². The van der Waals surface area contributed by atoms with E-state index in [9.17, 15) is 19.5 Å². The second-order valence-electron chi connectivity index (χ2n) is 11.8. The molecule has 0 saturated carbocycles. The largest absolute Gasteiger partial charge is 0.391 e. The first kappa shape index (κ1) is 31.9. The molecule has 1 aliphatic heterocycles. The van der Waals surface area contributed by atoms with E-state index in [2.05, 4.69) is 17.2 Å². The van der Waals surface area contributed by atoms with E-state index in [4.69, 9.17) is 4.74 Å². The smallest absolute Gasteiger partial charge is 0.243 e. The number of carbonyl (C=O) groups is 3. The molecule has 1 aromatic carbocycles. The summed E-state index contributed by atoms with van der Waals surface area (Å²) in [6.45, 7) is 11.7. The standard InChI is InChI=1S/C31H45N3O5S/c1-6-14-39-15-8-7-9-24(35)16-26(31(3,4)5)30(38)34-19-25(36)17-27(34)29(37)32-18-22-10-12-23(13-11-22)28-21(2)33-20-40-28/h10-13,20,25-27,36H,6-9,14-19H2,1-5H3,(H,32,37)/t25-,26-,27+/m1/s1. The van der Waals surface area contributed by atoms with Crippen LogP contribution in [0, 0.1) is 18.3 Å². The molecule has 0 unspecified atom stereocenters. The molecule has 3 rings (SSSR count). The van der Waals surface area contributed by atoms with Crippen LogP contribution in [0.1, 0.15) is 77.5 Å². The molecular formula is C31H45N3O5S. The summed E-state index contributed by atoms with van der Waals surface area (Å²) < 4.78 is 5.49. The lowest BCUT2D eigenvalue weighted by molar-refractivity contribution is -0.146. The number of amides is 2. The van der Waals surface area contributed by atoms with Gasteiger partial charge in [0.2, 0.25) is 11.8 Å². The number of likely N-dealkylation sites (tertiary alicyclic amines) is 1. The Bertz CT molecular complexity index is 1120. The number of aryl methyl sites for hydroxylation is 1. The summed E-state index contributed by atoms with van der Waals surface area (Å²) in [4.78, 5) is 46.7. The molecule has 3 atom stereocenters. The van der Waals surface area contributed by atoms with Gasteiger partial charge in [0.25, 0.3) is 0 Å². The van der Waals surface area contributed by atoms with E-state index in [0.29, 0.717) is 19.6 Å². The van der Waals surface area contributed by atoms with Gasteiger partial charge in [0.15, 0.2) is 0 Å². The lowest BCUT2D eigenvalue weighted by Gasteiger charge is -2.34. The lowest BCUT2D eigenvalue weighted by Crippen LogP contribution is -2.50. The summed E-state index contributed by atoms with van der Waals surface area (Å²) in [5.41, 5.74) is 4.37. The number of nitrogens with zero attached hydrogens (tertiary/aromatic N) is 2. The molecule has 220 valence electrons. The van der Waals surface area contributed by atoms with Crippen LogP contribution in [0.15, 0.2) is 29.8 Å². The number of β-amino-alcohol motifs (C(OH)–C–C–N with tert-alkyl or cyclic N) is 1. The third-order valence-corrected chi connectivity index (χ3v) is 8.39. The first-order valence-corrected chi connectivity index (χ1v) is 15.2. The first-order chi connectivity index (χ1) is 19.0. The third kappa shape index (κ3) is 8.94. The molecule has 2 aromatic rings. The van der Waals surface area contributed by atoms with Crippen LogP contribution in [0.3, 0.4) is 0 Å². The molecule has 8 nitrogen and oxygen atoms in total. The quantitative estimate of drug-likeness (QED) is 0.312. The van der Waals surface area contributed by atoms with Gasteiger partial charge in [-0.3, -0.25) is 14.4 Å². The van der Waals surface area contributed by atoms with Crippen LogP contribution in [0.2, 0.25) is 0 Å². The van der Waals surface area contributed by atoms with Gasteiger partial charge in [0.1, 0.15) is 11.8 Å². The molecule has 1 saturated heterocycles. The number of nitrogens with one attached hydrogen (secondary N) is 1. The maximum Gasteiger partial charge on any atom is 0.243 e. The van der Waals surface area contributed by atoms with E-state index in [1.165, 1.54) is 4.90 Å². The van der Waals surface area contributed by atoms with Crippen molar-refractivity contribution in [3.05, 3.63) is 41.0 Å². The number of ketones is 1. The number of hydrogen-bond acceptors (Lipinski definition) is 7. The number of benzene rings is 1. The summed E-state index contributed by atoms with van der Waals surface area (Å²) >= 11 is 1.59. The molecule has 0 radical (unpaired) electrons. The molecule has 9 heteroatoms. The zero-order chi connectivity index (χ0) is 29.3. The summed E-state index contributed by atoms with van der Waals surface area (Å²) in [6, 6.07) is 7.20. The molecule has 1 aliphatic rings. The van der Waals surface area contributed by atoms with Gasteiger partial charge in [-0.2, -0.15) is 0 Å². The van der Waals surface area contributed by atoms with Crippen LogP contribution in [0.4, 0.5) is 0 Å². The van der Waals surface area contributed by atoms with Crippen molar-refractivity contribution >= 4 is 28.9 Å². The molecule has 2 heterocycles. The Morgan fingerprint density at radius 3 is 2.52 bits per heavy atom. The Balaban J connectivity index is 1.59. The van der Waals surface area contributed by atoms with Crippen LogP contribution in [-0.4, -0.2) is 64.5 Å². The Hall–Kier alpha value is -2.62. The van der Waals surface area contributed by atoms with Gasteiger partial charge in [-0.25, -0.2) is 4.98 Å². The van der Waals surface area contributed by atoms with Crippen molar-refractivity contribution in [2.24, 2.45) is 11.3 Å². The van der Waals surface area contributed by atoms with Gasteiger partial charge >= 0.3 is 0 Å². The van der Waals surface area contributed by atoms with Crippen molar-refractivity contribution in [3.8, 4) is 10.4 Å². The highest BCUT2D eigenvalue weighted by Gasteiger charge is 2.44. The molecule has 0 bridgehead atoms. The number of ether oxygens (including phenoxy) is 1. The summed E-state index contributed by atoms with van der Waals surface area (Å²) in [7, 11) is 0. The van der Waals surface area contributed by atoms with E-state index in [0.717, 1.165) is 47.6 Å². The molecule has 1 aromatic heterocycles. The predicted octanol–water partition coefficient (Wildman–Crippen LogP) is 4.91. The van der Waals surface area contributed by atoms with Crippen LogP contribution in [0.25, 0.3) is 10.4 Å². The molecule has 0 spiro atoms. The van der Waals surface area contributed by atoms with Gasteiger partial charge in [-0.15, -0.1) is 11.3 Å². The Morgan fingerprint density at radius 2 is 1.90 bits per heavy atom. The minimum Gasteiger partial charge on any atom is -0.391 e. The Kier molecular flexibility index (Phi) is 11.8. The number of unbranched alkanes of at least 4 members (excludes halogenated alkanes) is 1. The zero-order valence-corrected chi connectivity index (χ0v) is 25.4. The first-order valence-electron chi connectivity index (χ1n) is 14.4. The highest BCUT2D eigenvalue weighted by atomic mass is 32.1. The van der Waals surface area contributed by atoms with Gasteiger partial charge in [-0.1, -0.05) is 52.0 Å². The lowest BCUT2D eigenvalue weighted by atomic mass is 9.76. The molecule has 2 N–H and O–H groups in total. The third-order valence-electron chi connectivity index (χ3n) is 7.41. The summed E-state index contributed by atoms with van der Waals surface area (Å²) in [6.07, 6.45) is 2.46. The zero-order valence-electron chi connectivity index (χ0n) is 24.6. The van der Waals surface area contributed by atoms with Crippen molar-refractivity contribution in [2.75, 3.05) is 19.8 Å². The van der Waals surface area contributed by atoms with Gasteiger partial charge in [-0.05, 0) is 42.7 Å². The van der Waals surface area contributed by atoms with E-state index in [-0.39, 0.29) is 37.0 Å². The van der Waals surface area contributed by atoms with Crippen molar-refractivity contribution in [1.29, 1.82) is 0 Å². The van der Waals surface area contributed by atoms with Gasteiger partial charge < -0.3 is 20.1 Å². The Labute approximate surface area is 242 Å². The van der Waals surface area contributed by atoms with Crippen molar-refractivity contribution < 1.29 is 24.2 Å². The maximum atomic E-state index is 13.7. The minimum atomic E-state index is -0.777. The fourth-order valence-corrected chi connectivity index (χ4v) is 5.84. The van der Waals surface area contributed by atoms with E-state index >= 15 is 0 Å². The number of aliphatic hydroxyl groups is 1. The molecule has 0 aliphatic carbocycles. The number of aliphatic hydroxyl groups excluding tert-OH is 1. The minimum absolute atomic E-state index is 0.0430. The molecule has 1 fully saturated rings. The average Bonchev–Trinajstić information content (AvgIpc) is 3.52. The van der Waals surface area contributed by atoms with E-state index in [1.807, 2.05) is 57.5 Å². The maximum absolute atomic E-state index is 13.7. The fraction of sp³-hybridized carbons (Fsp3) is 0.613. The summed E-state index contributed by atoms with van der Waals surface area (Å²) in [5.74, 6) is -1.06. The van der Waals surface area contributed by atoms with Gasteiger partial charge in [0.05, 0.1) is 22.2 Å². The number of rotatable bonds is 14. The monoisotopic (exact) mass is 571 g/mol. The Morgan fingerprint density at radius 1 is 1.18 bits per heavy atom. The average molecular weight is 572 g/mol. The van der Waals surface area contributed by atoms with Crippen molar-refractivity contribution in [2.45, 2.75) is 91.8 Å². The van der Waals surface area contributed by atoms with E-state index < -0.39 is 23.5 Å². The highest BCUT2D eigenvalue weighted by molar-refractivity contribution is 7.13. The number of aromatic nitrogens is 1. The van der Waals surface area contributed by atoms with E-state index in [1.54, 1.807) is 11.3 Å². The second kappa shape index (κ2) is 14.8. The number of thiazole rings is 1. The number of Topliss-reactive ketones (excluding diaryl/α,β-unsaturated/α-hetero) is 1. The normalized spacial score (nSPS) is 18.1. The van der Waals surface area contributed by atoms with Crippen molar-refractivity contribution in [1.82, 2.24) is 15.2 Å². The SMILES string of the molecule is CCCOCCCCC(=O)C[C@H](C(=O)N1C[C@H](O)C[C@H]1C(=O)NCc1ccc(-c2scnc2C)cc1)C(C)(C)C. The van der Waals surface area contributed by atoms with Crippen molar-refractivity contribution in [3.63, 3.8) is 0 Å². The molecular weight excluding hydrogens is 526 g/mol. The molecule has 40 heavy (non-hydrogen) atoms. The van der Waals surface area contributed by atoms with Crippen LogP contribution < -0.4 is 5.32 Å². The van der Waals surface area contributed by atoms with Crippen LogP contribution in [0.5, 0.6) is 0 Å². The van der Waals surface area contributed by atoms with Crippen LogP contribution >= 0.6 is 11.3 Å². The predicted molar refractivity (Wildman–Crippen MR) is 158 cm³/mol. The van der Waals surface area contributed by atoms with Crippen LogP contribution in [-0.2, 0) is 25.7 Å². The number of hydrogen-bond donors (Lipinski definition) is 2. The second-order valence-corrected chi connectivity index (χ2v) is 12.7. The highest BCUT2D eigenvalue weighted by Crippen LogP contribution is 2.34.